The summed E-state index contributed by atoms with van der Waals surface area (Å²) in [6, 6.07) is 6.85. The molecule has 2 N–H and O–H groups in total. The van der Waals surface area contributed by atoms with Crippen LogP contribution in [0.15, 0.2) is 24.3 Å². The van der Waals surface area contributed by atoms with Gasteiger partial charge in [0.25, 0.3) is 0 Å². The first kappa shape index (κ1) is 15.3. The van der Waals surface area contributed by atoms with E-state index in [1.165, 1.54) is 0 Å². The van der Waals surface area contributed by atoms with E-state index in [1.807, 2.05) is 31.2 Å². The maximum absolute atomic E-state index is 12.7. The molecule has 1 aromatic carbocycles. The van der Waals surface area contributed by atoms with E-state index in [1.54, 1.807) is 6.92 Å². The summed E-state index contributed by atoms with van der Waals surface area (Å²) >= 11 is 0. The summed E-state index contributed by atoms with van der Waals surface area (Å²) < 4.78 is 5.26. The van der Waals surface area contributed by atoms with Gasteiger partial charge in [-0.25, -0.2) is 4.79 Å². The third-order valence-corrected chi connectivity index (χ3v) is 4.08. The number of H-pyrrole nitrogens is 1. The first-order valence-electron chi connectivity index (χ1n) is 7.58. The van der Waals surface area contributed by atoms with Crippen molar-refractivity contribution < 1.29 is 19.1 Å². The molecule has 0 saturated carbocycles. The Morgan fingerprint density at radius 2 is 2.04 bits per heavy atom. The molecule has 1 amide bonds. The van der Waals surface area contributed by atoms with Crippen molar-refractivity contribution in [1.29, 1.82) is 0 Å². The van der Waals surface area contributed by atoms with Crippen molar-refractivity contribution in [2.24, 2.45) is 0 Å². The van der Waals surface area contributed by atoms with Crippen LogP contribution >= 0.6 is 0 Å². The Balaban J connectivity index is 1.78. The Morgan fingerprint density at radius 3 is 2.74 bits per heavy atom. The molecular formula is C17H18N2O4. The third-order valence-electron chi connectivity index (χ3n) is 4.08. The highest BCUT2D eigenvalue weighted by Gasteiger charge is 2.31. The first-order chi connectivity index (χ1) is 11.0. The van der Waals surface area contributed by atoms with Crippen LogP contribution in [0.1, 0.15) is 35.8 Å². The fourth-order valence-electron chi connectivity index (χ4n) is 2.90. The van der Waals surface area contributed by atoms with Crippen molar-refractivity contribution in [1.82, 2.24) is 10.3 Å². The quantitative estimate of drug-likeness (QED) is 0.666. The number of hydrogen-bond donors (Lipinski definition) is 2. The summed E-state index contributed by atoms with van der Waals surface area (Å²) in [6.45, 7) is 3.37. The largest absolute Gasteiger partial charge is 0.453 e. The number of amides is 1. The molecule has 3 rings (SSSR count). The van der Waals surface area contributed by atoms with Gasteiger partial charge in [-0.2, -0.15) is 0 Å². The minimum Gasteiger partial charge on any atom is -0.453 e. The molecule has 2 atom stereocenters. The molecular weight excluding hydrogens is 296 g/mol. The van der Waals surface area contributed by atoms with Crippen molar-refractivity contribution >= 4 is 28.6 Å². The predicted molar refractivity (Wildman–Crippen MR) is 84.1 cm³/mol. The van der Waals surface area contributed by atoms with Crippen LogP contribution in [0.25, 0.3) is 10.9 Å². The smallest absolute Gasteiger partial charge is 0.329 e. The number of esters is 1. The number of benzene rings is 1. The van der Waals surface area contributed by atoms with E-state index >= 15 is 0 Å². The van der Waals surface area contributed by atoms with Gasteiger partial charge < -0.3 is 15.0 Å². The summed E-state index contributed by atoms with van der Waals surface area (Å²) in [6.07, 6.45) is -0.188. The lowest BCUT2D eigenvalue weighted by molar-refractivity contribution is -0.149. The molecule has 1 aromatic heterocycles. The minimum atomic E-state index is -0.905. The van der Waals surface area contributed by atoms with Crippen LogP contribution in [0.5, 0.6) is 0 Å². The molecule has 0 unspecified atom stereocenters. The van der Waals surface area contributed by atoms with E-state index in [9.17, 15) is 14.4 Å². The molecule has 120 valence electrons. The number of nitrogens with one attached hydrogen (secondary N) is 2. The fourth-order valence-corrected chi connectivity index (χ4v) is 2.90. The average Bonchev–Trinajstić information content (AvgIpc) is 3.09. The van der Waals surface area contributed by atoms with Gasteiger partial charge in [-0.3, -0.25) is 9.59 Å². The lowest BCUT2D eigenvalue weighted by atomic mass is 10.0. The van der Waals surface area contributed by atoms with E-state index in [0.717, 1.165) is 16.6 Å². The molecule has 1 saturated heterocycles. The second-order valence-electron chi connectivity index (χ2n) is 5.77. The van der Waals surface area contributed by atoms with E-state index in [-0.39, 0.29) is 11.7 Å². The number of carbonyl (C=O) groups excluding carboxylic acids is 3. The van der Waals surface area contributed by atoms with E-state index in [0.29, 0.717) is 18.4 Å². The standard InChI is InChI=1S/C17H18N2O4/c1-9-15(11-5-3-4-6-12(11)18-9)16(21)10(2)23-17(22)13-7-8-14(20)19-13/h3-6,10,13,18H,7-8H2,1-2H3,(H,19,20)/t10-,13+/m1/s1. The molecule has 6 heteroatoms. The highest BCUT2D eigenvalue weighted by molar-refractivity contribution is 6.11. The van der Waals surface area contributed by atoms with Gasteiger partial charge in [-0.05, 0) is 26.3 Å². The maximum Gasteiger partial charge on any atom is 0.329 e. The number of aromatic nitrogens is 1. The van der Waals surface area contributed by atoms with Gasteiger partial charge in [0.1, 0.15) is 6.04 Å². The molecule has 0 bridgehead atoms. The predicted octanol–water partition coefficient (Wildman–Crippen LogP) is 1.87. The molecule has 2 aromatic rings. The van der Waals surface area contributed by atoms with Gasteiger partial charge in [0, 0.05) is 28.6 Å². The molecule has 1 aliphatic rings. The Kier molecular flexibility index (Phi) is 3.90. The Hall–Kier alpha value is -2.63. The van der Waals surface area contributed by atoms with Gasteiger partial charge in [-0.15, -0.1) is 0 Å². The lowest BCUT2D eigenvalue weighted by Crippen LogP contribution is -2.37. The number of aromatic amines is 1. The van der Waals surface area contributed by atoms with Crippen LogP contribution in [-0.2, 0) is 14.3 Å². The van der Waals surface area contributed by atoms with Crippen LogP contribution in [-0.4, -0.2) is 34.8 Å². The summed E-state index contributed by atoms with van der Waals surface area (Å²) in [7, 11) is 0. The van der Waals surface area contributed by atoms with Crippen molar-refractivity contribution in [3.8, 4) is 0 Å². The monoisotopic (exact) mass is 314 g/mol. The number of ketones is 1. The third kappa shape index (κ3) is 2.84. The van der Waals surface area contributed by atoms with Crippen LogP contribution in [0.4, 0.5) is 0 Å². The Bertz CT molecular complexity index is 793. The molecule has 1 aliphatic heterocycles. The zero-order valence-electron chi connectivity index (χ0n) is 13.0. The zero-order chi connectivity index (χ0) is 16.6. The van der Waals surface area contributed by atoms with E-state index < -0.39 is 18.1 Å². The number of ether oxygens (including phenoxy) is 1. The molecule has 1 fully saturated rings. The zero-order valence-corrected chi connectivity index (χ0v) is 13.0. The number of fused-ring (bicyclic) bond motifs is 1. The van der Waals surface area contributed by atoms with Crippen LogP contribution < -0.4 is 5.32 Å². The van der Waals surface area contributed by atoms with Gasteiger partial charge in [0.2, 0.25) is 11.7 Å². The first-order valence-corrected chi connectivity index (χ1v) is 7.58. The molecule has 23 heavy (non-hydrogen) atoms. The summed E-state index contributed by atoms with van der Waals surface area (Å²) in [4.78, 5) is 39.0. The number of rotatable bonds is 4. The normalized spacial score (nSPS) is 18.7. The number of carbonyl (C=O) groups is 3. The van der Waals surface area contributed by atoms with E-state index in [4.69, 9.17) is 4.74 Å². The molecule has 0 spiro atoms. The van der Waals surface area contributed by atoms with Crippen LogP contribution in [0.2, 0.25) is 0 Å². The van der Waals surface area contributed by atoms with Crippen molar-refractivity contribution in [3.05, 3.63) is 35.5 Å². The van der Waals surface area contributed by atoms with Crippen molar-refractivity contribution in [2.45, 2.75) is 38.8 Å². The summed E-state index contributed by atoms with van der Waals surface area (Å²) in [5.74, 6) is -0.981. The minimum absolute atomic E-state index is 0.168. The SMILES string of the molecule is Cc1[nH]c2ccccc2c1C(=O)[C@@H](C)OC(=O)[C@@H]1CCC(=O)N1. The number of hydrogen-bond acceptors (Lipinski definition) is 4. The average molecular weight is 314 g/mol. The Labute approximate surface area is 133 Å². The highest BCUT2D eigenvalue weighted by Crippen LogP contribution is 2.24. The van der Waals surface area contributed by atoms with Crippen molar-refractivity contribution in [2.75, 3.05) is 0 Å². The molecule has 0 aliphatic carbocycles. The van der Waals surface area contributed by atoms with Gasteiger partial charge in [0.05, 0.1) is 0 Å². The lowest BCUT2D eigenvalue weighted by Gasteiger charge is -2.15. The van der Waals surface area contributed by atoms with Crippen LogP contribution in [0.3, 0.4) is 0 Å². The summed E-state index contributed by atoms with van der Waals surface area (Å²) in [5, 5.41) is 3.35. The van der Waals surface area contributed by atoms with Crippen LogP contribution in [0, 0.1) is 6.92 Å². The molecule has 6 nitrogen and oxygen atoms in total. The number of aryl methyl sites for hydroxylation is 1. The number of Topliss-reactive ketones (excluding diaryl/α,β-unsaturated/α-hetero) is 1. The van der Waals surface area contributed by atoms with E-state index in [2.05, 4.69) is 10.3 Å². The van der Waals surface area contributed by atoms with Gasteiger partial charge in [0.15, 0.2) is 6.10 Å². The second-order valence-corrected chi connectivity index (χ2v) is 5.77. The molecule has 2 heterocycles. The Morgan fingerprint density at radius 1 is 1.30 bits per heavy atom. The fraction of sp³-hybridized carbons (Fsp3) is 0.353. The maximum atomic E-state index is 12.7. The van der Waals surface area contributed by atoms with Crippen molar-refractivity contribution in [3.63, 3.8) is 0 Å². The van der Waals surface area contributed by atoms with Gasteiger partial charge in [-0.1, -0.05) is 18.2 Å². The van der Waals surface area contributed by atoms with Gasteiger partial charge >= 0.3 is 5.97 Å². The summed E-state index contributed by atoms with van der Waals surface area (Å²) in [5.41, 5.74) is 2.15. The second kappa shape index (κ2) is 5.87. The molecule has 0 radical (unpaired) electrons. The highest BCUT2D eigenvalue weighted by atomic mass is 16.5. The topological polar surface area (TPSA) is 88.3 Å². The number of para-hydroxylation sites is 1.